The third-order valence-corrected chi connectivity index (χ3v) is 3.83. The molecule has 2 aromatic carbocycles. The number of anilines is 1. The highest BCUT2D eigenvalue weighted by molar-refractivity contribution is 5.99. The van der Waals surface area contributed by atoms with Crippen LogP contribution in [0.25, 0.3) is 11.0 Å². The van der Waals surface area contributed by atoms with Gasteiger partial charge in [0.25, 0.3) is 5.91 Å². The van der Waals surface area contributed by atoms with Crippen LogP contribution in [0.5, 0.6) is 0 Å². The highest BCUT2D eigenvalue weighted by Gasteiger charge is 2.24. The highest BCUT2D eigenvalue weighted by atomic mass is 19.1. The molecule has 0 fully saturated rings. The zero-order valence-corrected chi connectivity index (χ0v) is 14.0. The molecule has 1 N–H and O–H groups in total. The van der Waals surface area contributed by atoms with Crippen molar-refractivity contribution in [3.8, 4) is 0 Å². The molecule has 134 valence electrons. The number of benzene rings is 2. The van der Waals surface area contributed by atoms with Gasteiger partial charge in [0, 0.05) is 16.6 Å². The van der Waals surface area contributed by atoms with Crippen molar-refractivity contribution in [1.29, 1.82) is 0 Å². The molecule has 0 aliphatic heterocycles. The van der Waals surface area contributed by atoms with Gasteiger partial charge in [0.2, 0.25) is 5.76 Å². The van der Waals surface area contributed by atoms with Gasteiger partial charge in [-0.2, -0.15) is 0 Å². The Hall–Kier alpha value is -3.22. The first kappa shape index (κ1) is 17.6. The van der Waals surface area contributed by atoms with Gasteiger partial charge in [-0.25, -0.2) is 13.6 Å². The number of esters is 1. The van der Waals surface area contributed by atoms with E-state index in [4.69, 9.17) is 9.15 Å². The molecule has 1 heterocycles. The lowest BCUT2D eigenvalue weighted by molar-refractivity contribution is -0.123. The van der Waals surface area contributed by atoms with E-state index in [1.54, 1.807) is 6.92 Å². The van der Waals surface area contributed by atoms with Crippen molar-refractivity contribution in [2.45, 2.75) is 20.0 Å². The Morgan fingerprint density at radius 1 is 1.12 bits per heavy atom. The van der Waals surface area contributed by atoms with Crippen LogP contribution in [-0.2, 0) is 9.53 Å². The number of carbonyl (C=O) groups is 2. The zero-order valence-electron chi connectivity index (χ0n) is 14.0. The molecule has 0 spiro atoms. The third kappa shape index (κ3) is 3.56. The van der Waals surface area contributed by atoms with Crippen LogP contribution in [0.1, 0.15) is 23.0 Å². The summed E-state index contributed by atoms with van der Waals surface area (Å²) in [6.45, 7) is 2.98. The largest absolute Gasteiger partial charge is 0.449 e. The molecule has 1 unspecified atom stereocenters. The van der Waals surface area contributed by atoms with Gasteiger partial charge in [0.05, 0.1) is 0 Å². The number of rotatable bonds is 4. The normalized spacial score (nSPS) is 12.0. The SMILES string of the molecule is Cc1c(C(=O)OC(C)C(=O)Nc2cccc(F)c2)oc2ccc(F)cc12. The maximum Gasteiger partial charge on any atom is 0.375 e. The van der Waals surface area contributed by atoms with E-state index < -0.39 is 29.6 Å². The first-order valence-corrected chi connectivity index (χ1v) is 7.81. The van der Waals surface area contributed by atoms with Gasteiger partial charge in [-0.3, -0.25) is 4.79 Å². The van der Waals surface area contributed by atoms with Gasteiger partial charge in [-0.05, 0) is 50.2 Å². The summed E-state index contributed by atoms with van der Waals surface area (Å²) in [7, 11) is 0. The van der Waals surface area contributed by atoms with Crippen LogP contribution < -0.4 is 5.32 Å². The second kappa shape index (κ2) is 6.95. The fourth-order valence-corrected chi connectivity index (χ4v) is 2.47. The Bertz CT molecular complexity index is 996. The standard InChI is InChI=1S/C19H15F2NO4/c1-10-15-9-13(21)6-7-16(15)26-17(10)19(24)25-11(2)18(23)22-14-5-3-4-12(20)8-14/h3-9,11H,1-2H3,(H,22,23). The molecule has 5 nitrogen and oxygen atoms in total. The molecule has 0 aliphatic rings. The van der Waals surface area contributed by atoms with Gasteiger partial charge in [-0.15, -0.1) is 0 Å². The minimum absolute atomic E-state index is 0.101. The predicted octanol–water partition coefficient (Wildman–Crippen LogP) is 4.20. The Kier molecular flexibility index (Phi) is 4.71. The minimum Gasteiger partial charge on any atom is -0.449 e. The smallest absolute Gasteiger partial charge is 0.375 e. The Balaban J connectivity index is 1.73. The Morgan fingerprint density at radius 3 is 2.58 bits per heavy atom. The van der Waals surface area contributed by atoms with E-state index >= 15 is 0 Å². The van der Waals surface area contributed by atoms with Crippen molar-refractivity contribution in [2.75, 3.05) is 5.32 Å². The van der Waals surface area contributed by atoms with E-state index in [0.717, 1.165) is 6.07 Å². The molecular formula is C19H15F2NO4. The topological polar surface area (TPSA) is 68.5 Å². The molecular weight excluding hydrogens is 344 g/mol. The Morgan fingerprint density at radius 2 is 1.85 bits per heavy atom. The molecule has 1 atom stereocenters. The summed E-state index contributed by atoms with van der Waals surface area (Å²) in [5, 5.41) is 2.90. The fraction of sp³-hybridized carbons (Fsp3) is 0.158. The second-order valence-corrected chi connectivity index (χ2v) is 5.74. The number of amides is 1. The Labute approximate surface area is 147 Å². The summed E-state index contributed by atoms with van der Waals surface area (Å²) >= 11 is 0. The number of furan rings is 1. The lowest BCUT2D eigenvalue weighted by Gasteiger charge is -2.13. The number of fused-ring (bicyclic) bond motifs is 1. The lowest BCUT2D eigenvalue weighted by atomic mass is 10.1. The van der Waals surface area contributed by atoms with Gasteiger partial charge >= 0.3 is 5.97 Å². The van der Waals surface area contributed by atoms with Crippen molar-refractivity contribution in [1.82, 2.24) is 0 Å². The van der Waals surface area contributed by atoms with Gasteiger partial charge < -0.3 is 14.5 Å². The van der Waals surface area contributed by atoms with Crippen molar-refractivity contribution < 1.29 is 27.5 Å². The molecule has 0 bridgehead atoms. The van der Waals surface area contributed by atoms with Crippen LogP contribution in [0.3, 0.4) is 0 Å². The lowest BCUT2D eigenvalue weighted by Crippen LogP contribution is -2.30. The number of ether oxygens (including phenoxy) is 1. The first-order valence-electron chi connectivity index (χ1n) is 7.81. The van der Waals surface area contributed by atoms with Gasteiger partial charge in [0.1, 0.15) is 17.2 Å². The average molecular weight is 359 g/mol. The van der Waals surface area contributed by atoms with E-state index in [0.29, 0.717) is 16.5 Å². The quantitative estimate of drug-likeness (QED) is 0.709. The summed E-state index contributed by atoms with van der Waals surface area (Å²) in [5.41, 5.74) is 1.00. The van der Waals surface area contributed by atoms with Crippen molar-refractivity contribution in [3.63, 3.8) is 0 Å². The molecule has 1 amide bonds. The van der Waals surface area contributed by atoms with Gasteiger partial charge in [0.15, 0.2) is 6.10 Å². The second-order valence-electron chi connectivity index (χ2n) is 5.74. The monoisotopic (exact) mass is 359 g/mol. The number of hydrogen-bond donors (Lipinski definition) is 1. The minimum atomic E-state index is -1.14. The van der Waals surface area contributed by atoms with Crippen LogP contribution in [0.15, 0.2) is 46.9 Å². The van der Waals surface area contributed by atoms with Crippen LogP contribution in [-0.4, -0.2) is 18.0 Å². The van der Waals surface area contributed by atoms with Crippen molar-refractivity contribution in [3.05, 3.63) is 65.4 Å². The maximum absolute atomic E-state index is 13.3. The van der Waals surface area contributed by atoms with Gasteiger partial charge in [-0.1, -0.05) is 6.07 Å². The van der Waals surface area contributed by atoms with Crippen LogP contribution in [0, 0.1) is 18.6 Å². The molecule has 1 aromatic heterocycles. The molecule has 7 heteroatoms. The summed E-state index contributed by atoms with van der Waals surface area (Å²) < 4.78 is 37.0. The molecule has 0 radical (unpaired) electrons. The average Bonchev–Trinajstić information content (AvgIpc) is 2.91. The molecule has 0 aliphatic carbocycles. The molecule has 26 heavy (non-hydrogen) atoms. The summed E-state index contributed by atoms with van der Waals surface area (Å²) in [6.07, 6.45) is -1.14. The summed E-state index contributed by atoms with van der Waals surface area (Å²) in [6, 6.07) is 9.22. The van der Waals surface area contributed by atoms with E-state index in [9.17, 15) is 18.4 Å². The first-order chi connectivity index (χ1) is 12.3. The molecule has 0 saturated carbocycles. The van der Waals surface area contributed by atoms with E-state index in [2.05, 4.69) is 5.32 Å². The summed E-state index contributed by atoms with van der Waals surface area (Å²) in [5.74, 6) is -2.53. The maximum atomic E-state index is 13.3. The fourth-order valence-electron chi connectivity index (χ4n) is 2.47. The van der Waals surface area contributed by atoms with E-state index in [-0.39, 0.29) is 11.4 Å². The molecule has 3 rings (SSSR count). The number of aryl methyl sites for hydroxylation is 1. The summed E-state index contributed by atoms with van der Waals surface area (Å²) in [4.78, 5) is 24.4. The number of halogens is 2. The van der Waals surface area contributed by atoms with Crippen molar-refractivity contribution in [2.24, 2.45) is 0 Å². The van der Waals surface area contributed by atoms with Crippen molar-refractivity contribution >= 4 is 28.5 Å². The van der Waals surface area contributed by atoms with Crippen LogP contribution in [0.2, 0.25) is 0 Å². The van der Waals surface area contributed by atoms with E-state index in [1.807, 2.05) is 0 Å². The third-order valence-electron chi connectivity index (χ3n) is 3.83. The highest BCUT2D eigenvalue weighted by Crippen LogP contribution is 2.26. The van der Waals surface area contributed by atoms with Crippen LogP contribution in [0.4, 0.5) is 14.5 Å². The predicted molar refractivity (Wildman–Crippen MR) is 90.8 cm³/mol. The number of hydrogen-bond acceptors (Lipinski definition) is 4. The van der Waals surface area contributed by atoms with E-state index in [1.165, 1.54) is 43.3 Å². The number of carbonyl (C=O) groups excluding carboxylic acids is 2. The molecule has 3 aromatic rings. The molecule has 0 saturated heterocycles. The van der Waals surface area contributed by atoms with Crippen LogP contribution >= 0.6 is 0 Å². The zero-order chi connectivity index (χ0) is 18.8. The number of nitrogens with one attached hydrogen (secondary N) is 1.